The van der Waals surface area contributed by atoms with Gasteiger partial charge in [-0.15, -0.1) is 0 Å². The third kappa shape index (κ3) is 5.29. The summed E-state index contributed by atoms with van der Waals surface area (Å²) < 4.78 is 16.4. The monoisotopic (exact) mass is 406 g/mol. The number of benzene rings is 3. The Morgan fingerprint density at radius 2 is 1.80 bits per heavy atom. The molecule has 0 bridgehead atoms. The lowest BCUT2D eigenvalue weighted by Gasteiger charge is -2.12. The largest absolute Gasteiger partial charge is 0.507 e. The van der Waals surface area contributed by atoms with Crippen LogP contribution in [0, 0.1) is 0 Å². The molecule has 0 saturated heterocycles. The van der Waals surface area contributed by atoms with Crippen molar-refractivity contribution in [3.63, 3.8) is 0 Å². The molecule has 3 aromatic carbocycles. The molecule has 0 heterocycles. The number of nitrogens with zero attached hydrogens (tertiary/aromatic N) is 1. The molecule has 0 aliphatic carbocycles. The number of hydrazone groups is 1. The topological polar surface area (TPSA) is 89.4 Å². The van der Waals surface area contributed by atoms with E-state index in [1.807, 2.05) is 30.3 Å². The molecule has 154 valence electrons. The van der Waals surface area contributed by atoms with Crippen LogP contribution in [0.4, 0.5) is 0 Å². The Balaban J connectivity index is 1.68. The van der Waals surface area contributed by atoms with Crippen LogP contribution in [0.5, 0.6) is 23.0 Å². The van der Waals surface area contributed by atoms with Gasteiger partial charge in [0.15, 0.2) is 0 Å². The van der Waals surface area contributed by atoms with Crippen LogP contribution in [0.3, 0.4) is 0 Å². The van der Waals surface area contributed by atoms with Gasteiger partial charge < -0.3 is 19.3 Å². The maximum Gasteiger partial charge on any atom is 0.275 e. The van der Waals surface area contributed by atoms with Crippen molar-refractivity contribution in [2.45, 2.75) is 6.61 Å². The highest BCUT2D eigenvalue weighted by Gasteiger charge is 2.09. The Bertz CT molecular complexity index is 1050. The van der Waals surface area contributed by atoms with Gasteiger partial charge in [0, 0.05) is 11.6 Å². The lowest BCUT2D eigenvalue weighted by Crippen LogP contribution is -2.17. The number of phenolic OH excluding ortho intramolecular Hbond substituents is 1. The fourth-order valence-corrected chi connectivity index (χ4v) is 2.73. The molecule has 30 heavy (non-hydrogen) atoms. The summed E-state index contributed by atoms with van der Waals surface area (Å²) >= 11 is 0. The van der Waals surface area contributed by atoms with E-state index in [9.17, 15) is 9.90 Å². The molecular weight excluding hydrogens is 384 g/mol. The van der Waals surface area contributed by atoms with Gasteiger partial charge in [0.2, 0.25) is 0 Å². The van der Waals surface area contributed by atoms with Crippen molar-refractivity contribution in [1.82, 2.24) is 5.43 Å². The smallest absolute Gasteiger partial charge is 0.275 e. The highest BCUT2D eigenvalue weighted by molar-refractivity contribution is 5.97. The van der Waals surface area contributed by atoms with Gasteiger partial charge in [0.25, 0.3) is 5.91 Å². The predicted molar refractivity (Wildman–Crippen MR) is 113 cm³/mol. The lowest BCUT2D eigenvalue weighted by atomic mass is 10.1. The Morgan fingerprint density at radius 1 is 1.00 bits per heavy atom. The molecule has 0 radical (unpaired) electrons. The Hall–Kier alpha value is -4.00. The summed E-state index contributed by atoms with van der Waals surface area (Å²) in [7, 11) is 3.19. The molecule has 0 aromatic heterocycles. The van der Waals surface area contributed by atoms with Crippen molar-refractivity contribution < 1.29 is 24.1 Å². The van der Waals surface area contributed by atoms with Crippen LogP contribution in [0.2, 0.25) is 0 Å². The second-order valence-electron chi connectivity index (χ2n) is 6.26. The van der Waals surface area contributed by atoms with Gasteiger partial charge in [-0.2, -0.15) is 5.10 Å². The Kier molecular flexibility index (Phi) is 6.89. The first-order valence-electron chi connectivity index (χ1n) is 9.16. The SMILES string of the molecule is COc1cccc(OCc2cc(C=NNC(=O)c3ccccc3O)ccc2OC)c1. The molecule has 0 atom stereocenters. The summed E-state index contributed by atoms with van der Waals surface area (Å²) in [6.45, 7) is 0.280. The zero-order valence-electron chi connectivity index (χ0n) is 16.7. The number of phenols is 1. The highest BCUT2D eigenvalue weighted by Crippen LogP contribution is 2.24. The summed E-state index contributed by atoms with van der Waals surface area (Å²) in [5.41, 5.74) is 4.11. The van der Waals surface area contributed by atoms with Crippen molar-refractivity contribution in [2.75, 3.05) is 14.2 Å². The van der Waals surface area contributed by atoms with Crippen LogP contribution >= 0.6 is 0 Å². The third-order valence-corrected chi connectivity index (χ3v) is 4.27. The molecule has 0 aliphatic rings. The number of methoxy groups -OCH3 is 2. The molecule has 3 rings (SSSR count). The number of nitrogens with one attached hydrogen (secondary N) is 1. The number of aromatic hydroxyl groups is 1. The van der Waals surface area contributed by atoms with Crippen LogP contribution in [-0.2, 0) is 6.61 Å². The van der Waals surface area contributed by atoms with Gasteiger partial charge in [0.05, 0.1) is 26.0 Å². The number of rotatable bonds is 8. The van der Waals surface area contributed by atoms with Crippen LogP contribution < -0.4 is 19.6 Å². The molecule has 0 unspecified atom stereocenters. The summed E-state index contributed by atoms with van der Waals surface area (Å²) in [5.74, 6) is 1.45. The van der Waals surface area contributed by atoms with Crippen molar-refractivity contribution in [1.29, 1.82) is 0 Å². The van der Waals surface area contributed by atoms with E-state index in [0.717, 1.165) is 11.1 Å². The van der Waals surface area contributed by atoms with Crippen molar-refractivity contribution in [2.24, 2.45) is 5.10 Å². The average Bonchev–Trinajstić information content (AvgIpc) is 2.78. The minimum Gasteiger partial charge on any atom is -0.507 e. The van der Waals surface area contributed by atoms with Gasteiger partial charge >= 0.3 is 0 Å². The van der Waals surface area contributed by atoms with Crippen LogP contribution in [0.15, 0.2) is 71.8 Å². The number of amides is 1. The molecule has 2 N–H and O–H groups in total. The Morgan fingerprint density at radius 3 is 2.57 bits per heavy atom. The van der Waals surface area contributed by atoms with E-state index < -0.39 is 5.91 Å². The summed E-state index contributed by atoms with van der Waals surface area (Å²) in [4.78, 5) is 12.1. The quantitative estimate of drug-likeness (QED) is 0.439. The van der Waals surface area contributed by atoms with Crippen molar-refractivity contribution in [3.8, 4) is 23.0 Å². The van der Waals surface area contributed by atoms with Crippen LogP contribution in [-0.4, -0.2) is 31.4 Å². The summed E-state index contributed by atoms with van der Waals surface area (Å²) in [5, 5.41) is 13.7. The number of carbonyl (C=O) groups excluding carboxylic acids is 1. The van der Waals surface area contributed by atoms with Gasteiger partial charge in [0.1, 0.15) is 29.6 Å². The third-order valence-electron chi connectivity index (χ3n) is 4.27. The van der Waals surface area contributed by atoms with Gasteiger partial charge in [-0.25, -0.2) is 5.43 Å². The van der Waals surface area contributed by atoms with Crippen molar-refractivity contribution in [3.05, 3.63) is 83.4 Å². The second kappa shape index (κ2) is 9.97. The maximum absolute atomic E-state index is 12.1. The fourth-order valence-electron chi connectivity index (χ4n) is 2.73. The van der Waals surface area contributed by atoms with E-state index in [-0.39, 0.29) is 17.9 Å². The van der Waals surface area contributed by atoms with Gasteiger partial charge in [-0.1, -0.05) is 18.2 Å². The predicted octanol–water partition coefficient (Wildman–Crippen LogP) is 3.75. The normalized spacial score (nSPS) is 10.6. The van der Waals surface area contributed by atoms with E-state index in [4.69, 9.17) is 14.2 Å². The standard InChI is InChI=1S/C23H22N2O5/c1-28-18-6-5-7-19(13-18)30-15-17-12-16(10-11-22(17)29-2)14-24-25-23(27)20-8-3-4-9-21(20)26/h3-14,26H,15H2,1-2H3,(H,25,27). The first kappa shape index (κ1) is 20.7. The van der Waals surface area contributed by atoms with E-state index in [1.165, 1.54) is 18.3 Å². The summed E-state index contributed by atoms with van der Waals surface area (Å²) in [6, 6.07) is 19.1. The number of ether oxygens (including phenoxy) is 3. The van der Waals surface area contributed by atoms with Gasteiger partial charge in [-0.3, -0.25) is 4.79 Å². The van der Waals surface area contributed by atoms with Crippen LogP contribution in [0.25, 0.3) is 0 Å². The number of hydrogen-bond acceptors (Lipinski definition) is 6. The number of hydrogen-bond donors (Lipinski definition) is 2. The maximum atomic E-state index is 12.1. The van der Waals surface area contributed by atoms with Gasteiger partial charge in [-0.05, 0) is 48.0 Å². The first-order valence-corrected chi connectivity index (χ1v) is 9.16. The van der Waals surface area contributed by atoms with E-state index >= 15 is 0 Å². The molecule has 7 heteroatoms. The van der Waals surface area contributed by atoms with E-state index in [2.05, 4.69) is 10.5 Å². The van der Waals surface area contributed by atoms with Crippen molar-refractivity contribution >= 4 is 12.1 Å². The molecule has 0 aliphatic heterocycles. The first-order chi connectivity index (χ1) is 14.6. The number of carbonyl (C=O) groups is 1. The molecular formula is C23H22N2O5. The zero-order valence-corrected chi connectivity index (χ0v) is 16.7. The molecule has 7 nitrogen and oxygen atoms in total. The van der Waals surface area contributed by atoms with E-state index in [1.54, 1.807) is 38.5 Å². The average molecular weight is 406 g/mol. The Labute approximate surface area is 174 Å². The number of para-hydroxylation sites is 1. The minimum absolute atomic E-state index is 0.105. The highest BCUT2D eigenvalue weighted by atomic mass is 16.5. The lowest BCUT2D eigenvalue weighted by molar-refractivity contribution is 0.0952. The molecule has 0 saturated carbocycles. The summed E-state index contributed by atoms with van der Waals surface area (Å²) in [6.07, 6.45) is 1.51. The molecule has 1 amide bonds. The molecule has 0 spiro atoms. The minimum atomic E-state index is -0.501. The second-order valence-corrected chi connectivity index (χ2v) is 6.26. The zero-order chi connectivity index (χ0) is 21.3. The fraction of sp³-hybridized carbons (Fsp3) is 0.130. The molecule has 3 aromatic rings. The van der Waals surface area contributed by atoms with E-state index in [0.29, 0.717) is 17.2 Å². The molecule has 0 fully saturated rings. The van der Waals surface area contributed by atoms with Crippen LogP contribution in [0.1, 0.15) is 21.5 Å².